The lowest BCUT2D eigenvalue weighted by atomic mass is 10.2. The summed E-state index contributed by atoms with van der Waals surface area (Å²) in [5.74, 6) is -1.97. The summed E-state index contributed by atoms with van der Waals surface area (Å²) in [6.07, 6.45) is 0. The Balaban J connectivity index is 2.37. The van der Waals surface area contributed by atoms with Crippen LogP contribution in [0.4, 0.5) is 10.5 Å². The third-order valence-corrected chi connectivity index (χ3v) is 1.98. The summed E-state index contributed by atoms with van der Waals surface area (Å²) in [6.45, 7) is -1.16. The van der Waals surface area contributed by atoms with E-state index >= 15 is 0 Å². The van der Waals surface area contributed by atoms with Gasteiger partial charge >= 0.3 is 12.0 Å². The average molecular weight is 277 g/mol. The number of amides is 3. The zero-order chi connectivity index (χ0) is 15.0. The van der Waals surface area contributed by atoms with E-state index < -0.39 is 31.1 Å². The summed E-state index contributed by atoms with van der Waals surface area (Å²) in [6, 6.07) is 7.17. The van der Waals surface area contributed by atoms with Crippen molar-refractivity contribution in [3.63, 3.8) is 0 Å². The van der Waals surface area contributed by atoms with Crippen molar-refractivity contribution < 1.29 is 24.2 Å². The minimum Gasteiger partial charge on any atom is -0.480 e. The second kappa shape index (κ2) is 7.50. The van der Waals surface area contributed by atoms with Crippen molar-refractivity contribution in [1.29, 1.82) is 5.26 Å². The standard InChI is InChI=1S/C12H11N3O5/c13-5-8-1-3-9(4-2-8)14-12(19)15-10(16)6-20-7-11(17)18/h1-4H,6-7H2,(H,17,18)(H2,14,15,16,19). The first-order chi connectivity index (χ1) is 9.51. The Hall–Kier alpha value is -2.92. The second-order valence-electron chi connectivity index (χ2n) is 3.58. The molecule has 0 fully saturated rings. The van der Waals surface area contributed by atoms with Crippen LogP contribution >= 0.6 is 0 Å². The van der Waals surface area contributed by atoms with E-state index in [9.17, 15) is 14.4 Å². The topological polar surface area (TPSA) is 129 Å². The number of hydrogen-bond acceptors (Lipinski definition) is 5. The van der Waals surface area contributed by atoms with Gasteiger partial charge in [0.25, 0.3) is 5.91 Å². The smallest absolute Gasteiger partial charge is 0.329 e. The Morgan fingerprint density at radius 2 is 1.85 bits per heavy atom. The molecule has 8 nitrogen and oxygen atoms in total. The summed E-state index contributed by atoms with van der Waals surface area (Å²) in [4.78, 5) is 32.7. The lowest BCUT2D eigenvalue weighted by Gasteiger charge is -2.06. The molecule has 1 rings (SSSR count). The van der Waals surface area contributed by atoms with Gasteiger partial charge in [-0.1, -0.05) is 0 Å². The first kappa shape index (κ1) is 15.1. The number of rotatable bonds is 5. The van der Waals surface area contributed by atoms with E-state index in [1.807, 2.05) is 11.4 Å². The lowest BCUT2D eigenvalue weighted by molar-refractivity contribution is -0.143. The predicted molar refractivity (Wildman–Crippen MR) is 66.8 cm³/mol. The fourth-order valence-corrected chi connectivity index (χ4v) is 1.18. The maximum atomic E-state index is 11.4. The molecule has 104 valence electrons. The summed E-state index contributed by atoms with van der Waals surface area (Å²) < 4.78 is 4.51. The van der Waals surface area contributed by atoms with Crippen LogP contribution in [-0.4, -0.2) is 36.2 Å². The van der Waals surface area contributed by atoms with E-state index in [1.165, 1.54) is 24.3 Å². The first-order valence-electron chi connectivity index (χ1n) is 5.42. The largest absolute Gasteiger partial charge is 0.480 e. The van der Waals surface area contributed by atoms with E-state index in [-0.39, 0.29) is 0 Å². The zero-order valence-corrected chi connectivity index (χ0v) is 10.3. The van der Waals surface area contributed by atoms with Gasteiger partial charge in [0.2, 0.25) is 0 Å². The number of anilines is 1. The number of imide groups is 1. The molecule has 0 saturated carbocycles. The van der Waals surface area contributed by atoms with Gasteiger partial charge < -0.3 is 15.2 Å². The van der Waals surface area contributed by atoms with Gasteiger partial charge in [0.05, 0.1) is 11.6 Å². The van der Waals surface area contributed by atoms with Crippen molar-refractivity contribution in [3.05, 3.63) is 29.8 Å². The molecule has 0 heterocycles. The van der Waals surface area contributed by atoms with E-state index in [0.717, 1.165) is 0 Å². The van der Waals surface area contributed by atoms with Gasteiger partial charge in [-0.25, -0.2) is 9.59 Å². The number of nitrogens with one attached hydrogen (secondary N) is 2. The van der Waals surface area contributed by atoms with Crippen LogP contribution in [-0.2, 0) is 14.3 Å². The maximum absolute atomic E-state index is 11.4. The fraction of sp³-hybridized carbons (Fsp3) is 0.167. The molecule has 0 aromatic heterocycles. The quantitative estimate of drug-likeness (QED) is 0.710. The van der Waals surface area contributed by atoms with Crippen LogP contribution in [0.5, 0.6) is 0 Å². The molecule has 8 heteroatoms. The van der Waals surface area contributed by atoms with Gasteiger partial charge in [0.1, 0.15) is 13.2 Å². The molecule has 0 aliphatic rings. The molecule has 20 heavy (non-hydrogen) atoms. The van der Waals surface area contributed by atoms with E-state index in [2.05, 4.69) is 10.1 Å². The van der Waals surface area contributed by atoms with Gasteiger partial charge in [0, 0.05) is 5.69 Å². The molecular formula is C12H11N3O5. The van der Waals surface area contributed by atoms with E-state index in [1.54, 1.807) is 0 Å². The molecule has 0 aliphatic carbocycles. The third kappa shape index (κ3) is 5.61. The number of carbonyl (C=O) groups excluding carboxylic acids is 2. The van der Waals surface area contributed by atoms with Gasteiger partial charge in [-0.3, -0.25) is 10.1 Å². The van der Waals surface area contributed by atoms with Crippen LogP contribution in [0.15, 0.2) is 24.3 Å². The zero-order valence-electron chi connectivity index (χ0n) is 10.3. The van der Waals surface area contributed by atoms with Gasteiger partial charge in [-0.2, -0.15) is 5.26 Å². The highest BCUT2D eigenvalue weighted by Gasteiger charge is 2.09. The predicted octanol–water partition coefficient (Wildman–Crippen LogP) is 0.308. The number of urea groups is 1. The Morgan fingerprint density at radius 3 is 2.40 bits per heavy atom. The monoisotopic (exact) mass is 277 g/mol. The lowest BCUT2D eigenvalue weighted by Crippen LogP contribution is -2.37. The van der Waals surface area contributed by atoms with Crippen molar-refractivity contribution in [2.24, 2.45) is 0 Å². The number of carbonyl (C=O) groups is 3. The summed E-state index contributed by atoms with van der Waals surface area (Å²) in [5.41, 5.74) is 0.842. The van der Waals surface area contributed by atoms with E-state index in [0.29, 0.717) is 11.3 Å². The molecule has 1 aromatic rings. The van der Waals surface area contributed by atoms with Crippen molar-refractivity contribution in [1.82, 2.24) is 5.32 Å². The number of benzene rings is 1. The van der Waals surface area contributed by atoms with Crippen molar-refractivity contribution in [3.8, 4) is 6.07 Å². The second-order valence-corrected chi connectivity index (χ2v) is 3.58. The molecule has 3 amide bonds. The Bertz CT molecular complexity index is 547. The van der Waals surface area contributed by atoms with Gasteiger partial charge in [0.15, 0.2) is 0 Å². The molecule has 0 saturated heterocycles. The number of ether oxygens (including phenoxy) is 1. The summed E-state index contributed by atoms with van der Waals surface area (Å²) in [7, 11) is 0. The van der Waals surface area contributed by atoms with Crippen LogP contribution < -0.4 is 10.6 Å². The first-order valence-corrected chi connectivity index (χ1v) is 5.42. The average Bonchev–Trinajstić information content (AvgIpc) is 2.38. The van der Waals surface area contributed by atoms with Crippen LogP contribution in [0.1, 0.15) is 5.56 Å². The normalized spacial score (nSPS) is 9.35. The fourth-order valence-electron chi connectivity index (χ4n) is 1.18. The number of aliphatic carboxylic acids is 1. The highest BCUT2D eigenvalue weighted by atomic mass is 16.5. The van der Waals surface area contributed by atoms with Crippen molar-refractivity contribution in [2.75, 3.05) is 18.5 Å². The van der Waals surface area contributed by atoms with Crippen LogP contribution in [0.2, 0.25) is 0 Å². The third-order valence-electron chi connectivity index (χ3n) is 1.98. The SMILES string of the molecule is N#Cc1ccc(NC(=O)NC(=O)COCC(=O)O)cc1. The van der Waals surface area contributed by atoms with E-state index in [4.69, 9.17) is 10.4 Å². The molecule has 0 spiro atoms. The molecule has 1 aromatic carbocycles. The number of nitrogens with zero attached hydrogens (tertiary/aromatic N) is 1. The highest BCUT2D eigenvalue weighted by molar-refractivity contribution is 6.01. The molecule has 0 aliphatic heterocycles. The minimum absolute atomic E-state index is 0.403. The Labute approximate surface area is 114 Å². The Kier molecular flexibility index (Phi) is 5.68. The van der Waals surface area contributed by atoms with Gasteiger partial charge in [-0.05, 0) is 24.3 Å². The maximum Gasteiger partial charge on any atom is 0.329 e. The van der Waals surface area contributed by atoms with Crippen molar-refractivity contribution in [2.45, 2.75) is 0 Å². The number of carboxylic acid groups (broad SMARTS) is 1. The number of carboxylic acids is 1. The van der Waals surface area contributed by atoms with Crippen LogP contribution in [0.3, 0.4) is 0 Å². The highest BCUT2D eigenvalue weighted by Crippen LogP contribution is 2.08. The molecule has 0 radical (unpaired) electrons. The summed E-state index contributed by atoms with van der Waals surface area (Å²) in [5, 5.41) is 21.2. The van der Waals surface area contributed by atoms with Crippen LogP contribution in [0.25, 0.3) is 0 Å². The molecule has 0 bridgehead atoms. The minimum atomic E-state index is -1.21. The van der Waals surface area contributed by atoms with Crippen molar-refractivity contribution >= 4 is 23.6 Å². The molecule has 0 unspecified atom stereocenters. The number of hydrogen-bond donors (Lipinski definition) is 3. The molecular weight excluding hydrogens is 266 g/mol. The molecule has 3 N–H and O–H groups in total. The Morgan fingerprint density at radius 1 is 1.20 bits per heavy atom. The summed E-state index contributed by atoms with van der Waals surface area (Å²) >= 11 is 0. The van der Waals surface area contributed by atoms with Crippen LogP contribution in [0, 0.1) is 11.3 Å². The van der Waals surface area contributed by atoms with Gasteiger partial charge in [-0.15, -0.1) is 0 Å². The molecule has 0 atom stereocenters. The number of nitriles is 1.